The lowest BCUT2D eigenvalue weighted by Crippen LogP contribution is -2.36. The van der Waals surface area contributed by atoms with Gasteiger partial charge in [0, 0.05) is 18.5 Å². The predicted molar refractivity (Wildman–Crippen MR) is 82.8 cm³/mol. The highest BCUT2D eigenvalue weighted by Crippen LogP contribution is 2.38. The van der Waals surface area contributed by atoms with E-state index in [9.17, 15) is 4.79 Å². The van der Waals surface area contributed by atoms with Crippen LogP contribution >= 0.6 is 0 Å². The van der Waals surface area contributed by atoms with Gasteiger partial charge in [-0.05, 0) is 50.8 Å². The Morgan fingerprint density at radius 2 is 2.00 bits per heavy atom. The molecule has 2 aromatic rings. The van der Waals surface area contributed by atoms with Gasteiger partial charge in [0.05, 0.1) is 12.2 Å². The average Bonchev–Trinajstić information content (AvgIpc) is 3.29. The van der Waals surface area contributed by atoms with Crippen LogP contribution in [-0.2, 0) is 13.1 Å². The summed E-state index contributed by atoms with van der Waals surface area (Å²) >= 11 is 0. The molecule has 7 heteroatoms. The second-order valence-electron chi connectivity index (χ2n) is 6.60. The van der Waals surface area contributed by atoms with Gasteiger partial charge in [0.2, 0.25) is 12.3 Å². The van der Waals surface area contributed by atoms with Crippen LogP contribution in [0.15, 0.2) is 27.7 Å². The Morgan fingerprint density at radius 3 is 2.70 bits per heavy atom. The second kappa shape index (κ2) is 6.23. The molecule has 23 heavy (non-hydrogen) atoms. The van der Waals surface area contributed by atoms with Gasteiger partial charge in [0.15, 0.2) is 0 Å². The number of rotatable bonds is 5. The molecule has 1 aliphatic carbocycles. The summed E-state index contributed by atoms with van der Waals surface area (Å²) in [4.78, 5) is 14.3. The van der Waals surface area contributed by atoms with Crippen LogP contribution < -0.4 is 5.56 Å². The molecule has 0 spiro atoms. The normalized spacial score (nSPS) is 20.0. The van der Waals surface area contributed by atoms with E-state index in [2.05, 4.69) is 20.2 Å². The number of nitrogens with zero attached hydrogens (tertiary/aromatic N) is 5. The molecular weight excluding hydrogens is 294 g/mol. The molecule has 0 N–H and O–H groups in total. The Kier molecular flexibility index (Phi) is 3.95. The van der Waals surface area contributed by atoms with Crippen LogP contribution in [0, 0.1) is 5.92 Å². The van der Waals surface area contributed by atoms with Crippen LogP contribution in [0.3, 0.4) is 0 Å². The molecule has 1 saturated heterocycles. The third kappa shape index (κ3) is 3.50. The highest BCUT2D eigenvalue weighted by Gasteiger charge is 2.26. The maximum atomic E-state index is 12.0. The van der Waals surface area contributed by atoms with Crippen molar-refractivity contribution in [1.29, 1.82) is 0 Å². The minimum absolute atomic E-state index is 0.0164. The summed E-state index contributed by atoms with van der Waals surface area (Å²) < 4.78 is 6.87. The first-order valence-electron chi connectivity index (χ1n) is 8.33. The molecule has 0 bridgehead atoms. The summed E-state index contributed by atoms with van der Waals surface area (Å²) in [5, 5.41) is 12.2. The molecule has 7 nitrogen and oxygen atoms in total. The minimum Gasteiger partial charge on any atom is -0.427 e. The summed E-state index contributed by atoms with van der Waals surface area (Å²) in [6, 6.07) is 3.56. The first-order valence-corrected chi connectivity index (χ1v) is 8.33. The predicted octanol–water partition coefficient (Wildman–Crippen LogP) is 1.42. The van der Waals surface area contributed by atoms with E-state index in [-0.39, 0.29) is 5.56 Å². The van der Waals surface area contributed by atoms with E-state index in [0.29, 0.717) is 24.3 Å². The van der Waals surface area contributed by atoms with Crippen molar-refractivity contribution in [3.63, 3.8) is 0 Å². The van der Waals surface area contributed by atoms with E-state index < -0.39 is 0 Å². The van der Waals surface area contributed by atoms with Gasteiger partial charge in [-0.1, -0.05) is 0 Å². The van der Waals surface area contributed by atoms with Crippen molar-refractivity contribution in [2.75, 3.05) is 13.1 Å². The summed E-state index contributed by atoms with van der Waals surface area (Å²) in [6.45, 7) is 3.42. The zero-order valence-electron chi connectivity index (χ0n) is 13.1. The lowest BCUT2D eigenvalue weighted by Gasteiger charge is -2.30. The zero-order valence-corrected chi connectivity index (χ0v) is 13.1. The summed E-state index contributed by atoms with van der Waals surface area (Å²) in [6.07, 6.45) is 5.91. The van der Waals surface area contributed by atoms with Gasteiger partial charge in [0.25, 0.3) is 5.56 Å². The quantitative estimate of drug-likeness (QED) is 0.830. The van der Waals surface area contributed by atoms with E-state index in [1.54, 1.807) is 10.7 Å². The first-order chi connectivity index (χ1) is 11.3. The van der Waals surface area contributed by atoms with Crippen molar-refractivity contribution in [3.8, 4) is 0 Å². The fourth-order valence-electron chi connectivity index (χ4n) is 3.22. The van der Waals surface area contributed by atoms with Crippen molar-refractivity contribution in [2.24, 2.45) is 5.92 Å². The summed E-state index contributed by atoms with van der Waals surface area (Å²) in [7, 11) is 0. The summed E-state index contributed by atoms with van der Waals surface area (Å²) in [5.41, 5.74) is 1.10. The Bertz CT molecular complexity index is 700. The molecule has 1 saturated carbocycles. The lowest BCUT2D eigenvalue weighted by molar-refractivity contribution is 0.152. The monoisotopic (exact) mass is 315 g/mol. The van der Waals surface area contributed by atoms with Crippen molar-refractivity contribution in [2.45, 2.75) is 44.7 Å². The van der Waals surface area contributed by atoms with Crippen LogP contribution in [0.25, 0.3) is 0 Å². The lowest BCUT2D eigenvalue weighted by atomic mass is 9.97. The van der Waals surface area contributed by atoms with Gasteiger partial charge in [-0.3, -0.25) is 9.69 Å². The molecule has 4 rings (SSSR count). The molecule has 0 amide bonds. The molecule has 2 aromatic heterocycles. The van der Waals surface area contributed by atoms with Crippen LogP contribution in [0.4, 0.5) is 0 Å². The van der Waals surface area contributed by atoms with Crippen molar-refractivity contribution in [3.05, 3.63) is 40.5 Å². The third-order valence-electron chi connectivity index (χ3n) is 4.79. The van der Waals surface area contributed by atoms with E-state index in [1.807, 2.05) is 6.07 Å². The zero-order chi connectivity index (χ0) is 15.6. The molecule has 122 valence electrons. The minimum atomic E-state index is 0.0164. The topological polar surface area (TPSA) is 77.1 Å². The number of piperidine rings is 1. The number of hydrogen-bond donors (Lipinski definition) is 0. The van der Waals surface area contributed by atoms with Gasteiger partial charge < -0.3 is 4.42 Å². The molecular formula is C16H21N5O2. The maximum Gasteiger partial charge on any atom is 0.266 e. The van der Waals surface area contributed by atoms with Gasteiger partial charge in [-0.25, -0.2) is 4.68 Å². The Balaban J connectivity index is 1.34. The molecule has 0 atom stereocenters. The average molecular weight is 315 g/mol. The molecule has 0 radical (unpaired) electrons. The Morgan fingerprint density at radius 1 is 1.17 bits per heavy atom. The largest absolute Gasteiger partial charge is 0.427 e. The van der Waals surface area contributed by atoms with Crippen LogP contribution in [-0.4, -0.2) is 38.0 Å². The molecule has 3 heterocycles. The van der Waals surface area contributed by atoms with Crippen molar-refractivity contribution in [1.82, 2.24) is 24.9 Å². The SMILES string of the molecule is O=c1ccc(C2CC2)nn1CC1CCN(Cc2nnco2)CC1. The molecule has 0 unspecified atom stereocenters. The first kappa shape index (κ1) is 14.6. The summed E-state index contributed by atoms with van der Waals surface area (Å²) in [5.74, 6) is 1.75. The maximum absolute atomic E-state index is 12.0. The molecule has 2 fully saturated rings. The smallest absolute Gasteiger partial charge is 0.266 e. The van der Waals surface area contributed by atoms with Crippen LogP contribution in [0.5, 0.6) is 0 Å². The van der Waals surface area contributed by atoms with Gasteiger partial charge in [-0.2, -0.15) is 5.10 Å². The number of aromatic nitrogens is 4. The number of hydrogen-bond acceptors (Lipinski definition) is 6. The van der Waals surface area contributed by atoms with Gasteiger partial charge in [0.1, 0.15) is 0 Å². The van der Waals surface area contributed by atoms with Gasteiger partial charge >= 0.3 is 0 Å². The van der Waals surface area contributed by atoms with E-state index in [0.717, 1.165) is 38.2 Å². The van der Waals surface area contributed by atoms with E-state index in [1.165, 1.54) is 19.2 Å². The van der Waals surface area contributed by atoms with Crippen molar-refractivity contribution >= 4 is 0 Å². The second-order valence-corrected chi connectivity index (χ2v) is 6.60. The van der Waals surface area contributed by atoms with Crippen LogP contribution in [0.1, 0.15) is 43.2 Å². The molecule has 1 aliphatic heterocycles. The fourth-order valence-corrected chi connectivity index (χ4v) is 3.22. The Labute approximate surface area is 134 Å². The number of likely N-dealkylation sites (tertiary alicyclic amines) is 1. The molecule has 0 aromatic carbocycles. The van der Waals surface area contributed by atoms with E-state index in [4.69, 9.17) is 4.42 Å². The molecule has 2 aliphatic rings. The van der Waals surface area contributed by atoms with E-state index >= 15 is 0 Å². The Hall–Kier alpha value is -2.02. The van der Waals surface area contributed by atoms with Gasteiger partial charge in [-0.15, -0.1) is 10.2 Å². The van der Waals surface area contributed by atoms with Crippen LogP contribution in [0.2, 0.25) is 0 Å². The standard InChI is InChI=1S/C16H21N5O2/c22-16-4-3-14(13-1-2-13)19-21(16)9-12-5-7-20(8-6-12)10-15-18-17-11-23-15/h3-4,11-13H,1-2,5-10H2. The van der Waals surface area contributed by atoms with Crippen molar-refractivity contribution < 1.29 is 4.42 Å². The highest BCUT2D eigenvalue weighted by atomic mass is 16.4. The fraction of sp³-hybridized carbons (Fsp3) is 0.625. The third-order valence-corrected chi connectivity index (χ3v) is 4.79. The highest BCUT2D eigenvalue weighted by molar-refractivity contribution is 5.12.